The molecule has 0 spiro atoms. The molecular formula is C18H17N3O2. The number of para-hydroxylation sites is 1. The van der Waals surface area contributed by atoms with Crippen molar-refractivity contribution in [2.75, 3.05) is 7.11 Å². The Morgan fingerprint density at radius 1 is 1.26 bits per heavy atom. The lowest BCUT2D eigenvalue weighted by Gasteiger charge is -2.00. The first-order valence-corrected chi connectivity index (χ1v) is 7.21. The number of carbonyl (C=O) groups excluding carboxylic acids is 1. The van der Waals surface area contributed by atoms with Crippen molar-refractivity contribution in [1.82, 2.24) is 4.57 Å². The van der Waals surface area contributed by atoms with E-state index in [4.69, 9.17) is 10.5 Å². The smallest absolute Gasteiger partial charge is 0.237 e. The Bertz CT molecular complexity index is 881. The largest absolute Gasteiger partial charge is 0.497 e. The van der Waals surface area contributed by atoms with Crippen molar-refractivity contribution in [2.24, 2.45) is 10.7 Å². The molecule has 0 atom stereocenters. The standard InChI is InChI=1S/C18H17N3O2/c1-23-15-6-4-5-14(9-15)20-10-13-11-21(12-18(19)22)17-8-3-2-7-16(13)17/h2-11H,12H2,1H3,(H2,19,22). The molecule has 2 N–H and O–H groups in total. The molecule has 1 aromatic heterocycles. The highest BCUT2D eigenvalue weighted by atomic mass is 16.5. The highest BCUT2D eigenvalue weighted by Crippen LogP contribution is 2.22. The van der Waals surface area contributed by atoms with Crippen LogP contribution < -0.4 is 10.5 Å². The fourth-order valence-corrected chi connectivity index (χ4v) is 2.51. The van der Waals surface area contributed by atoms with E-state index in [1.165, 1.54) is 0 Å². The van der Waals surface area contributed by atoms with Gasteiger partial charge in [0.05, 0.1) is 12.8 Å². The number of benzene rings is 2. The molecular weight excluding hydrogens is 290 g/mol. The number of rotatable bonds is 5. The van der Waals surface area contributed by atoms with Gasteiger partial charge in [0.15, 0.2) is 0 Å². The fourth-order valence-electron chi connectivity index (χ4n) is 2.51. The Morgan fingerprint density at radius 3 is 2.87 bits per heavy atom. The fraction of sp³-hybridized carbons (Fsp3) is 0.111. The maximum Gasteiger partial charge on any atom is 0.237 e. The van der Waals surface area contributed by atoms with E-state index in [-0.39, 0.29) is 12.5 Å². The van der Waals surface area contributed by atoms with Gasteiger partial charge in [-0.3, -0.25) is 9.79 Å². The first kappa shape index (κ1) is 14.8. The van der Waals surface area contributed by atoms with Crippen molar-refractivity contribution in [3.8, 4) is 5.75 Å². The van der Waals surface area contributed by atoms with Crippen molar-refractivity contribution in [3.05, 3.63) is 60.3 Å². The van der Waals surface area contributed by atoms with Crippen LogP contribution in [0.15, 0.2) is 59.7 Å². The SMILES string of the molecule is COc1cccc(N=Cc2cn(CC(N)=O)c3ccccc23)c1. The van der Waals surface area contributed by atoms with Crippen molar-refractivity contribution >= 4 is 28.7 Å². The Morgan fingerprint density at radius 2 is 2.09 bits per heavy atom. The van der Waals surface area contributed by atoms with Gasteiger partial charge >= 0.3 is 0 Å². The van der Waals surface area contributed by atoms with Crippen LogP contribution in [0.1, 0.15) is 5.56 Å². The van der Waals surface area contributed by atoms with Crippen LogP contribution in [-0.4, -0.2) is 23.8 Å². The predicted octanol–water partition coefficient (Wildman–Crippen LogP) is 2.89. The number of aromatic nitrogens is 1. The number of nitrogens with two attached hydrogens (primary N) is 1. The summed E-state index contributed by atoms with van der Waals surface area (Å²) in [4.78, 5) is 15.7. The third-order valence-corrected chi connectivity index (χ3v) is 3.55. The molecule has 116 valence electrons. The van der Waals surface area contributed by atoms with Gasteiger partial charge in [-0.25, -0.2) is 0 Å². The van der Waals surface area contributed by atoms with Gasteiger partial charge in [-0.2, -0.15) is 0 Å². The number of amides is 1. The minimum Gasteiger partial charge on any atom is -0.497 e. The topological polar surface area (TPSA) is 69.6 Å². The van der Waals surface area contributed by atoms with Gasteiger partial charge in [0.1, 0.15) is 12.3 Å². The van der Waals surface area contributed by atoms with E-state index in [1.54, 1.807) is 13.3 Å². The van der Waals surface area contributed by atoms with Crippen molar-refractivity contribution in [2.45, 2.75) is 6.54 Å². The summed E-state index contributed by atoms with van der Waals surface area (Å²) in [7, 11) is 1.63. The van der Waals surface area contributed by atoms with E-state index in [9.17, 15) is 4.79 Å². The third kappa shape index (κ3) is 3.23. The highest BCUT2D eigenvalue weighted by molar-refractivity contribution is 6.00. The van der Waals surface area contributed by atoms with Crippen LogP contribution >= 0.6 is 0 Å². The summed E-state index contributed by atoms with van der Waals surface area (Å²) in [5.74, 6) is 0.387. The Labute approximate surface area is 134 Å². The van der Waals surface area contributed by atoms with Gasteiger partial charge < -0.3 is 15.0 Å². The molecule has 5 nitrogen and oxygen atoms in total. The molecule has 3 rings (SSSR count). The number of hydrogen-bond donors (Lipinski definition) is 1. The number of primary amides is 1. The zero-order valence-electron chi connectivity index (χ0n) is 12.8. The normalized spacial score (nSPS) is 11.2. The van der Waals surface area contributed by atoms with Crippen LogP contribution in [0.5, 0.6) is 5.75 Å². The number of fused-ring (bicyclic) bond motifs is 1. The number of aliphatic imine (C=N–C) groups is 1. The lowest BCUT2D eigenvalue weighted by Crippen LogP contribution is -2.17. The summed E-state index contributed by atoms with van der Waals surface area (Å²) in [6.07, 6.45) is 3.67. The number of carbonyl (C=O) groups is 1. The van der Waals surface area contributed by atoms with E-state index in [1.807, 2.05) is 59.3 Å². The predicted molar refractivity (Wildman–Crippen MR) is 91.4 cm³/mol. The summed E-state index contributed by atoms with van der Waals surface area (Å²) in [6, 6.07) is 15.4. The van der Waals surface area contributed by atoms with Gasteiger partial charge in [0.25, 0.3) is 0 Å². The second-order valence-corrected chi connectivity index (χ2v) is 5.16. The van der Waals surface area contributed by atoms with Crippen LogP contribution in [-0.2, 0) is 11.3 Å². The summed E-state index contributed by atoms with van der Waals surface area (Å²) >= 11 is 0. The molecule has 0 aliphatic rings. The molecule has 0 saturated carbocycles. The third-order valence-electron chi connectivity index (χ3n) is 3.55. The molecule has 1 heterocycles. The van der Waals surface area contributed by atoms with E-state index >= 15 is 0 Å². The molecule has 0 bridgehead atoms. The Hall–Kier alpha value is -3.08. The molecule has 0 aliphatic heterocycles. The van der Waals surface area contributed by atoms with Crippen LogP contribution in [0.2, 0.25) is 0 Å². The van der Waals surface area contributed by atoms with E-state index in [0.717, 1.165) is 27.9 Å². The average Bonchev–Trinajstić information content (AvgIpc) is 2.91. The number of nitrogens with zero attached hydrogens (tertiary/aromatic N) is 2. The van der Waals surface area contributed by atoms with Gasteiger partial charge in [0, 0.05) is 34.9 Å². The number of hydrogen-bond acceptors (Lipinski definition) is 3. The van der Waals surface area contributed by atoms with Crippen molar-refractivity contribution < 1.29 is 9.53 Å². The maximum atomic E-state index is 11.2. The minimum atomic E-state index is -0.373. The first-order chi connectivity index (χ1) is 11.2. The molecule has 0 saturated heterocycles. The van der Waals surface area contributed by atoms with Gasteiger partial charge in [0.2, 0.25) is 5.91 Å². The number of ether oxygens (including phenoxy) is 1. The average molecular weight is 307 g/mol. The van der Waals surface area contributed by atoms with E-state index in [0.29, 0.717) is 0 Å². The second-order valence-electron chi connectivity index (χ2n) is 5.16. The molecule has 0 unspecified atom stereocenters. The van der Waals surface area contributed by atoms with Crippen LogP contribution in [0, 0.1) is 0 Å². The molecule has 0 fully saturated rings. The summed E-state index contributed by atoms with van der Waals surface area (Å²) in [5.41, 5.74) is 8.01. The molecule has 3 aromatic rings. The second kappa shape index (κ2) is 6.36. The maximum absolute atomic E-state index is 11.2. The Balaban J connectivity index is 1.99. The zero-order valence-corrected chi connectivity index (χ0v) is 12.8. The van der Waals surface area contributed by atoms with Crippen molar-refractivity contribution in [1.29, 1.82) is 0 Å². The van der Waals surface area contributed by atoms with Gasteiger partial charge in [-0.15, -0.1) is 0 Å². The lowest BCUT2D eigenvalue weighted by molar-refractivity contribution is -0.118. The molecule has 0 radical (unpaired) electrons. The molecule has 1 amide bonds. The zero-order chi connectivity index (χ0) is 16.2. The van der Waals surface area contributed by atoms with Crippen LogP contribution in [0.4, 0.5) is 5.69 Å². The van der Waals surface area contributed by atoms with Crippen LogP contribution in [0.25, 0.3) is 10.9 Å². The summed E-state index contributed by atoms with van der Waals surface area (Å²) in [6.45, 7) is 0.146. The van der Waals surface area contributed by atoms with Crippen LogP contribution in [0.3, 0.4) is 0 Å². The van der Waals surface area contributed by atoms with E-state index in [2.05, 4.69) is 4.99 Å². The van der Waals surface area contributed by atoms with Crippen molar-refractivity contribution in [3.63, 3.8) is 0 Å². The quantitative estimate of drug-likeness (QED) is 0.736. The highest BCUT2D eigenvalue weighted by Gasteiger charge is 2.08. The first-order valence-electron chi connectivity index (χ1n) is 7.21. The summed E-state index contributed by atoms with van der Waals surface area (Å²) < 4.78 is 7.03. The van der Waals surface area contributed by atoms with E-state index < -0.39 is 0 Å². The Kier molecular flexibility index (Phi) is 4.10. The molecule has 0 aliphatic carbocycles. The number of methoxy groups -OCH3 is 1. The van der Waals surface area contributed by atoms with Gasteiger partial charge in [-0.1, -0.05) is 24.3 Å². The molecule has 2 aromatic carbocycles. The minimum absolute atomic E-state index is 0.146. The lowest BCUT2D eigenvalue weighted by atomic mass is 10.2. The van der Waals surface area contributed by atoms with Gasteiger partial charge in [-0.05, 0) is 18.2 Å². The molecule has 5 heteroatoms. The summed E-state index contributed by atoms with van der Waals surface area (Å²) in [5, 5.41) is 1.03. The monoisotopic (exact) mass is 307 g/mol. The molecule has 23 heavy (non-hydrogen) atoms.